The third-order valence-electron chi connectivity index (χ3n) is 2.73. The molecule has 0 saturated heterocycles. The zero-order chi connectivity index (χ0) is 14.5. The first-order valence-corrected chi connectivity index (χ1v) is 7.64. The number of nitrogens with zero attached hydrogens (tertiary/aromatic N) is 1. The second kappa shape index (κ2) is 6.86. The van der Waals surface area contributed by atoms with Gasteiger partial charge in [0.05, 0.1) is 12.0 Å². The first-order valence-electron chi connectivity index (χ1n) is 6.20. The lowest BCUT2D eigenvalue weighted by atomic mass is 10.1. The minimum atomic E-state index is -4.05. The van der Waals surface area contributed by atoms with Crippen molar-refractivity contribution in [1.29, 1.82) is 0 Å². The molecule has 0 aliphatic rings. The van der Waals surface area contributed by atoms with E-state index in [9.17, 15) is 12.9 Å². The molecule has 0 unspecified atom stereocenters. The van der Waals surface area contributed by atoms with Crippen LogP contribution in [-0.4, -0.2) is 26.6 Å². The van der Waals surface area contributed by atoms with Gasteiger partial charge in [-0.05, 0) is 47.6 Å². The van der Waals surface area contributed by atoms with Gasteiger partial charge in [-0.3, -0.25) is 0 Å². The van der Waals surface area contributed by atoms with Crippen LogP contribution in [0.1, 0.15) is 26.7 Å². The Morgan fingerprint density at radius 3 is 2.32 bits per heavy atom. The lowest BCUT2D eigenvalue weighted by molar-refractivity contribution is 0.134. The predicted octanol–water partition coefficient (Wildman–Crippen LogP) is 3.01. The van der Waals surface area contributed by atoms with Crippen molar-refractivity contribution in [3.63, 3.8) is 0 Å². The molecule has 0 aliphatic carbocycles. The van der Waals surface area contributed by atoms with Gasteiger partial charge >= 0.3 is 0 Å². The highest BCUT2D eigenvalue weighted by Crippen LogP contribution is 2.20. The number of sulfonamides is 1. The van der Waals surface area contributed by atoms with Crippen LogP contribution >= 0.6 is 0 Å². The van der Waals surface area contributed by atoms with Gasteiger partial charge in [0, 0.05) is 6.54 Å². The molecule has 0 bridgehead atoms. The molecule has 108 valence electrons. The third-order valence-corrected chi connectivity index (χ3v) is 4.31. The standard InChI is InChI=1S/C13H20FNO3S/c1-11(2)5-4-10-15(14)19(16,17)13-8-6-12(18-3)7-9-13/h6-9,11H,4-5,10H2,1-3H3. The molecule has 0 amide bonds. The van der Waals surface area contributed by atoms with Crippen molar-refractivity contribution >= 4 is 10.0 Å². The molecule has 0 radical (unpaired) electrons. The molecule has 0 fully saturated rings. The second-order valence-electron chi connectivity index (χ2n) is 4.73. The maximum Gasteiger partial charge on any atom is 0.269 e. The molecular weight excluding hydrogens is 269 g/mol. The van der Waals surface area contributed by atoms with E-state index in [2.05, 4.69) is 0 Å². The van der Waals surface area contributed by atoms with E-state index in [4.69, 9.17) is 4.74 Å². The van der Waals surface area contributed by atoms with E-state index in [-0.39, 0.29) is 16.0 Å². The summed E-state index contributed by atoms with van der Waals surface area (Å²) in [7, 11) is -2.57. The Bertz CT molecular complexity index is 485. The fraction of sp³-hybridized carbons (Fsp3) is 0.538. The Morgan fingerprint density at radius 2 is 1.84 bits per heavy atom. The van der Waals surface area contributed by atoms with E-state index in [0.717, 1.165) is 6.42 Å². The highest BCUT2D eigenvalue weighted by Gasteiger charge is 2.24. The average Bonchev–Trinajstić information content (AvgIpc) is 2.38. The van der Waals surface area contributed by atoms with Gasteiger partial charge in [0.1, 0.15) is 5.75 Å². The van der Waals surface area contributed by atoms with Gasteiger partial charge in [-0.25, -0.2) is 8.42 Å². The number of methoxy groups -OCH3 is 1. The first-order chi connectivity index (χ1) is 8.87. The van der Waals surface area contributed by atoms with Crippen molar-refractivity contribution in [2.75, 3.05) is 13.7 Å². The minimum absolute atomic E-state index is 0.0691. The van der Waals surface area contributed by atoms with Crippen molar-refractivity contribution in [3.8, 4) is 5.75 Å². The summed E-state index contributed by atoms with van der Waals surface area (Å²) in [4.78, 5) is -0.0691. The van der Waals surface area contributed by atoms with E-state index >= 15 is 0 Å². The molecule has 0 N–H and O–H groups in total. The Morgan fingerprint density at radius 1 is 1.26 bits per heavy atom. The molecule has 0 aliphatic heterocycles. The molecule has 1 rings (SSSR count). The number of halogens is 1. The van der Waals surface area contributed by atoms with Crippen LogP contribution in [0.3, 0.4) is 0 Å². The van der Waals surface area contributed by atoms with E-state index in [1.807, 2.05) is 13.8 Å². The fourth-order valence-corrected chi connectivity index (χ4v) is 2.68. The van der Waals surface area contributed by atoms with Gasteiger partial charge in [-0.2, -0.15) is 0 Å². The number of benzene rings is 1. The number of hydrogen-bond acceptors (Lipinski definition) is 3. The summed E-state index contributed by atoms with van der Waals surface area (Å²) in [6.45, 7) is 3.91. The molecule has 0 heterocycles. The normalized spacial score (nSPS) is 12.1. The molecule has 1 aromatic carbocycles. The van der Waals surface area contributed by atoms with Gasteiger partial charge in [-0.15, -0.1) is 4.48 Å². The summed E-state index contributed by atoms with van der Waals surface area (Å²) in [6.07, 6.45) is 1.29. The quantitative estimate of drug-likeness (QED) is 0.725. The summed E-state index contributed by atoms with van der Waals surface area (Å²) < 4.78 is 42.4. The molecule has 0 aromatic heterocycles. The van der Waals surface area contributed by atoms with Crippen molar-refractivity contribution in [2.45, 2.75) is 31.6 Å². The van der Waals surface area contributed by atoms with Crippen LogP contribution in [0.25, 0.3) is 0 Å². The Kier molecular flexibility index (Phi) is 5.75. The van der Waals surface area contributed by atoms with E-state index < -0.39 is 10.0 Å². The van der Waals surface area contributed by atoms with Gasteiger partial charge in [0.15, 0.2) is 0 Å². The fourth-order valence-electron chi connectivity index (χ4n) is 1.61. The minimum Gasteiger partial charge on any atom is -0.497 e. The summed E-state index contributed by atoms with van der Waals surface area (Å²) >= 11 is 0. The SMILES string of the molecule is COc1ccc(S(=O)(=O)N(F)CCCC(C)C)cc1. The lowest BCUT2D eigenvalue weighted by Gasteiger charge is -2.13. The molecule has 1 aromatic rings. The number of rotatable bonds is 7. The monoisotopic (exact) mass is 289 g/mol. The maximum atomic E-state index is 13.7. The van der Waals surface area contributed by atoms with E-state index in [1.165, 1.54) is 31.4 Å². The first kappa shape index (κ1) is 15.9. The Balaban J connectivity index is 2.72. The van der Waals surface area contributed by atoms with Gasteiger partial charge in [0.2, 0.25) is 0 Å². The van der Waals surface area contributed by atoms with Crippen LogP contribution in [-0.2, 0) is 10.0 Å². The smallest absolute Gasteiger partial charge is 0.269 e. The zero-order valence-corrected chi connectivity index (χ0v) is 12.3. The Labute approximate surface area is 114 Å². The molecule has 0 saturated carbocycles. The summed E-state index contributed by atoms with van der Waals surface area (Å²) in [5, 5.41) is 0. The van der Waals surface area contributed by atoms with Gasteiger partial charge in [0.25, 0.3) is 10.0 Å². The molecular formula is C13H20FNO3S. The van der Waals surface area contributed by atoms with Crippen LogP contribution in [0, 0.1) is 5.92 Å². The topological polar surface area (TPSA) is 46.6 Å². The number of ether oxygens (including phenoxy) is 1. The van der Waals surface area contributed by atoms with Crippen LogP contribution in [0.15, 0.2) is 29.2 Å². The summed E-state index contributed by atoms with van der Waals surface area (Å²) in [5.41, 5.74) is 0. The lowest BCUT2D eigenvalue weighted by Crippen LogP contribution is -2.24. The van der Waals surface area contributed by atoms with Crippen molar-refractivity contribution in [2.24, 2.45) is 5.92 Å². The van der Waals surface area contributed by atoms with Crippen LogP contribution in [0.5, 0.6) is 5.75 Å². The summed E-state index contributed by atoms with van der Waals surface area (Å²) in [5.74, 6) is 0.959. The van der Waals surface area contributed by atoms with E-state index in [1.54, 1.807) is 0 Å². The van der Waals surface area contributed by atoms with Crippen LogP contribution in [0.4, 0.5) is 4.48 Å². The average molecular weight is 289 g/mol. The molecule has 0 atom stereocenters. The Hall–Kier alpha value is -1.14. The van der Waals surface area contributed by atoms with Crippen molar-refractivity contribution in [3.05, 3.63) is 24.3 Å². The van der Waals surface area contributed by atoms with E-state index in [0.29, 0.717) is 18.1 Å². The second-order valence-corrected chi connectivity index (χ2v) is 6.55. The predicted molar refractivity (Wildman–Crippen MR) is 72.1 cm³/mol. The zero-order valence-electron chi connectivity index (χ0n) is 11.5. The molecule has 0 spiro atoms. The number of hydrogen-bond donors (Lipinski definition) is 0. The van der Waals surface area contributed by atoms with Crippen LogP contribution < -0.4 is 4.74 Å². The highest BCUT2D eigenvalue weighted by molar-refractivity contribution is 7.89. The van der Waals surface area contributed by atoms with Crippen LogP contribution in [0.2, 0.25) is 0 Å². The van der Waals surface area contributed by atoms with Crippen molar-refractivity contribution < 1.29 is 17.6 Å². The molecule has 4 nitrogen and oxygen atoms in total. The van der Waals surface area contributed by atoms with Gasteiger partial charge < -0.3 is 4.74 Å². The van der Waals surface area contributed by atoms with Crippen molar-refractivity contribution in [1.82, 2.24) is 4.53 Å². The highest BCUT2D eigenvalue weighted by atomic mass is 32.2. The summed E-state index contributed by atoms with van der Waals surface area (Å²) in [6, 6.07) is 5.66. The third kappa shape index (κ3) is 4.47. The largest absolute Gasteiger partial charge is 0.497 e. The molecule has 19 heavy (non-hydrogen) atoms. The maximum absolute atomic E-state index is 13.7. The molecule has 6 heteroatoms. The van der Waals surface area contributed by atoms with Gasteiger partial charge in [-0.1, -0.05) is 13.8 Å².